The van der Waals surface area contributed by atoms with Gasteiger partial charge in [-0.05, 0) is 18.2 Å². The molecule has 1 saturated heterocycles. The molecule has 0 saturated carbocycles. The van der Waals surface area contributed by atoms with E-state index in [2.05, 4.69) is 21.2 Å². The molecule has 2 amide bonds. The average Bonchev–Trinajstić information content (AvgIpc) is 2.32. The second kappa shape index (κ2) is 4.75. The molecular weight excluding hydrogens is 288 g/mol. The first-order chi connectivity index (χ1) is 8.11. The first kappa shape index (κ1) is 11.9. The molecule has 1 aliphatic rings. The number of nitrogens with zero attached hydrogens (tertiary/aromatic N) is 1. The van der Waals surface area contributed by atoms with Crippen LogP contribution in [-0.4, -0.2) is 32.0 Å². The number of carbonyl (C=O) groups excluding carboxylic acids is 2. The normalized spacial score (nSPS) is 15.8. The van der Waals surface area contributed by atoms with Gasteiger partial charge in [0.05, 0.1) is 19.3 Å². The Morgan fingerprint density at radius 3 is 2.88 bits per heavy atom. The SMILES string of the molecule is COc1ccc(Br)cc1N1CC(=O)NCC1=O. The Kier molecular flexibility index (Phi) is 3.33. The molecule has 0 aliphatic carbocycles. The molecule has 0 spiro atoms. The van der Waals surface area contributed by atoms with E-state index in [-0.39, 0.29) is 24.9 Å². The van der Waals surface area contributed by atoms with E-state index in [0.29, 0.717) is 11.4 Å². The number of anilines is 1. The minimum atomic E-state index is -0.174. The molecule has 2 rings (SSSR count). The Bertz CT molecular complexity index is 476. The predicted molar refractivity (Wildman–Crippen MR) is 66.1 cm³/mol. The molecule has 1 N–H and O–H groups in total. The molecule has 1 aromatic rings. The van der Waals surface area contributed by atoms with Gasteiger partial charge in [-0.2, -0.15) is 0 Å². The molecule has 1 fully saturated rings. The number of carbonyl (C=O) groups is 2. The van der Waals surface area contributed by atoms with Gasteiger partial charge in [-0.3, -0.25) is 14.5 Å². The summed E-state index contributed by atoms with van der Waals surface area (Å²) in [5.41, 5.74) is 0.599. The lowest BCUT2D eigenvalue weighted by atomic mass is 10.2. The topological polar surface area (TPSA) is 58.6 Å². The summed E-state index contributed by atoms with van der Waals surface area (Å²) in [4.78, 5) is 24.5. The number of piperazine rings is 1. The molecule has 1 aliphatic heterocycles. The molecule has 5 nitrogen and oxygen atoms in total. The standard InChI is InChI=1S/C11H11BrN2O3/c1-17-9-3-2-7(12)4-8(9)14-6-10(15)13-5-11(14)16/h2-4H,5-6H2,1H3,(H,13,15). The fourth-order valence-electron chi connectivity index (χ4n) is 1.65. The predicted octanol–water partition coefficient (Wildman–Crippen LogP) is 0.920. The Balaban J connectivity index is 2.40. The maximum atomic E-state index is 11.8. The Morgan fingerprint density at radius 2 is 2.18 bits per heavy atom. The van der Waals surface area contributed by atoms with Crippen molar-refractivity contribution in [3.05, 3.63) is 22.7 Å². The molecule has 1 aromatic carbocycles. The zero-order chi connectivity index (χ0) is 12.4. The monoisotopic (exact) mass is 298 g/mol. The summed E-state index contributed by atoms with van der Waals surface area (Å²) in [7, 11) is 1.53. The summed E-state index contributed by atoms with van der Waals surface area (Å²) in [6, 6.07) is 5.32. The summed E-state index contributed by atoms with van der Waals surface area (Å²) < 4.78 is 6.02. The third-order valence-electron chi connectivity index (χ3n) is 2.47. The Labute approximate surface area is 107 Å². The van der Waals surface area contributed by atoms with E-state index in [1.165, 1.54) is 12.0 Å². The van der Waals surface area contributed by atoms with Gasteiger partial charge in [0.1, 0.15) is 12.3 Å². The van der Waals surface area contributed by atoms with Crippen molar-refractivity contribution in [3.8, 4) is 5.75 Å². The van der Waals surface area contributed by atoms with Crippen molar-refractivity contribution in [3.63, 3.8) is 0 Å². The maximum absolute atomic E-state index is 11.8. The van der Waals surface area contributed by atoms with Crippen molar-refractivity contribution in [2.45, 2.75) is 0 Å². The van der Waals surface area contributed by atoms with Crippen molar-refractivity contribution in [1.29, 1.82) is 0 Å². The number of amides is 2. The molecule has 0 radical (unpaired) electrons. The van der Waals surface area contributed by atoms with Crippen LogP contribution in [0.5, 0.6) is 5.75 Å². The smallest absolute Gasteiger partial charge is 0.246 e. The van der Waals surface area contributed by atoms with Crippen LogP contribution in [0.25, 0.3) is 0 Å². The molecule has 0 aromatic heterocycles. The number of rotatable bonds is 2. The van der Waals surface area contributed by atoms with Crippen LogP contribution >= 0.6 is 15.9 Å². The fourth-order valence-corrected chi connectivity index (χ4v) is 2.00. The summed E-state index contributed by atoms with van der Waals surface area (Å²) >= 11 is 3.33. The van der Waals surface area contributed by atoms with Gasteiger partial charge in [-0.1, -0.05) is 15.9 Å². The first-order valence-electron chi connectivity index (χ1n) is 5.02. The molecule has 6 heteroatoms. The molecule has 0 atom stereocenters. The lowest BCUT2D eigenvalue weighted by molar-refractivity contribution is -0.128. The van der Waals surface area contributed by atoms with Crippen molar-refractivity contribution in [2.75, 3.05) is 25.1 Å². The van der Waals surface area contributed by atoms with Crippen LogP contribution in [0.15, 0.2) is 22.7 Å². The zero-order valence-electron chi connectivity index (χ0n) is 9.20. The highest BCUT2D eigenvalue weighted by Gasteiger charge is 2.26. The van der Waals surface area contributed by atoms with Crippen molar-refractivity contribution in [1.82, 2.24) is 5.32 Å². The van der Waals surface area contributed by atoms with E-state index in [0.717, 1.165) is 4.47 Å². The number of nitrogens with one attached hydrogen (secondary N) is 1. The lowest BCUT2D eigenvalue weighted by Crippen LogP contribution is -2.51. The average molecular weight is 299 g/mol. The highest BCUT2D eigenvalue weighted by molar-refractivity contribution is 9.10. The summed E-state index contributed by atoms with van der Waals surface area (Å²) in [6.45, 7) is 0.0418. The number of ether oxygens (including phenoxy) is 1. The van der Waals surface area contributed by atoms with Crippen molar-refractivity contribution < 1.29 is 14.3 Å². The van der Waals surface area contributed by atoms with E-state index in [4.69, 9.17) is 4.74 Å². The van der Waals surface area contributed by atoms with Gasteiger partial charge in [-0.25, -0.2) is 0 Å². The van der Waals surface area contributed by atoms with Crippen LogP contribution < -0.4 is 15.0 Å². The highest BCUT2D eigenvalue weighted by atomic mass is 79.9. The molecule has 1 heterocycles. The third kappa shape index (κ3) is 2.41. The Morgan fingerprint density at radius 1 is 1.41 bits per heavy atom. The van der Waals surface area contributed by atoms with Gasteiger partial charge in [0.2, 0.25) is 11.8 Å². The third-order valence-corrected chi connectivity index (χ3v) is 2.96. The van der Waals surface area contributed by atoms with Gasteiger partial charge in [0.25, 0.3) is 0 Å². The lowest BCUT2D eigenvalue weighted by Gasteiger charge is -2.28. The van der Waals surface area contributed by atoms with Gasteiger partial charge in [-0.15, -0.1) is 0 Å². The molecule has 17 heavy (non-hydrogen) atoms. The summed E-state index contributed by atoms with van der Waals surface area (Å²) in [6.07, 6.45) is 0. The van der Waals surface area contributed by atoms with Crippen LogP contribution in [-0.2, 0) is 9.59 Å². The minimum absolute atomic E-state index is 0.0195. The number of methoxy groups -OCH3 is 1. The van der Waals surface area contributed by atoms with E-state index in [1.807, 2.05) is 6.07 Å². The van der Waals surface area contributed by atoms with Crippen LogP contribution in [0, 0.1) is 0 Å². The summed E-state index contributed by atoms with van der Waals surface area (Å²) in [5.74, 6) is 0.240. The Hall–Kier alpha value is -1.56. The van der Waals surface area contributed by atoms with Crippen LogP contribution in [0.4, 0.5) is 5.69 Å². The second-order valence-corrected chi connectivity index (χ2v) is 4.49. The summed E-state index contributed by atoms with van der Waals surface area (Å²) in [5, 5.41) is 2.50. The van der Waals surface area contributed by atoms with Gasteiger partial charge in [0.15, 0.2) is 0 Å². The second-order valence-electron chi connectivity index (χ2n) is 3.57. The van der Waals surface area contributed by atoms with E-state index in [1.54, 1.807) is 12.1 Å². The number of hydrogen-bond donors (Lipinski definition) is 1. The molecule has 0 unspecified atom stereocenters. The van der Waals surface area contributed by atoms with Gasteiger partial charge < -0.3 is 10.1 Å². The number of hydrogen-bond acceptors (Lipinski definition) is 3. The van der Waals surface area contributed by atoms with Crippen molar-refractivity contribution in [2.24, 2.45) is 0 Å². The van der Waals surface area contributed by atoms with Crippen LogP contribution in [0.2, 0.25) is 0 Å². The van der Waals surface area contributed by atoms with Gasteiger partial charge in [0, 0.05) is 4.47 Å². The molecule has 0 bridgehead atoms. The van der Waals surface area contributed by atoms with Crippen LogP contribution in [0.1, 0.15) is 0 Å². The number of halogens is 1. The minimum Gasteiger partial charge on any atom is -0.495 e. The molecule has 90 valence electrons. The van der Waals surface area contributed by atoms with Gasteiger partial charge >= 0.3 is 0 Å². The zero-order valence-corrected chi connectivity index (χ0v) is 10.8. The molecular formula is C11H11BrN2O3. The van der Waals surface area contributed by atoms with E-state index >= 15 is 0 Å². The first-order valence-corrected chi connectivity index (χ1v) is 5.81. The van der Waals surface area contributed by atoms with E-state index < -0.39 is 0 Å². The largest absolute Gasteiger partial charge is 0.495 e. The highest BCUT2D eigenvalue weighted by Crippen LogP contribution is 2.31. The fraction of sp³-hybridized carbons (Fsp3) is 0.273. The van der Waals surface area contributed by atoms with Crippen LogP contribution in [0.3, 0.4) is 0 Å². The maximum Gasteiger partial charge on any atom is 0.246 e. The van der Waals surface area contributed by atoms with Crippen molar-refractivity contribution >= 4 is 33.4 Å². The van der Waals surface area contributed by atoms with E-state index in [9.17, 15) is 9.59 Å². The number of benzene rings is 1. The quantitative estimate of drug-likeness (QED) is 0.883.